The summed E-state index contributed by atoms with van der Waals surface area (Å²) in [5, 5.41) is 8.97. The van der Waals surface area contributed by atoms with Crippen LogP contribution in [0.2, 0.25) is 0 Å². The average Bonchev–Trinajstić information content (AvgIpc) is 2.38. The van der Waals surface area contributed by atoms with Crippen molar-refractivity contribution in [2.75, 3.05) is 18.0 Å². The Labute approximate surface area is 111 Å². The number of pyridine rings is 1. The van der Waals surface area contributed by atoms with Crippen molar-refractivity contribution in [3.05, 3.63) is 23.4 Å². The Balaban J connectivity index is 2.21. The molecular formula is C13H17N3O3. The summed E-state index contributed by atoms with van der Waals surface area (Å²) in [5.41, 5.74) is 6.54. The first kappa shape index (κ1) is 13.3. The van der Waals surface area contributed by atoms with Crippen molar-refractivity contribution in [3.8, 4) is 0 Å². The molecule has 0 aromatic carbocycles. The molecule has 0 spiro atoms. The van der Waals surface area contributed by atoms with Crippen LogP contribution < -0.4 is 10.6 Å². The third-order valence-corrected chi connectivity index (χ3v) is 3.42. The van der Waals surface area contributed by atoms with Crippen molar-refractivity contribution < 1.29 is 14.7 Å². The third-order valence-electron chi connectivity index (χ3n) is 3.42. The molecule has 6 nitrogen and oxygen atoms in total. The smallest absolute Gasteiger partial charge is 0.306 e. The molecule has 2 heterocycles. The van der Waals surface area contributed by atoms with Gasteiger partial charge in [-0.25, -0.2) is 4.98 Å². The number of carboxylic acids is 1. The average molecular weight is 263 g/mol. The van der Waals surface area contributed by atoms with Crippen molar-refractivity contribution in [2.24, 2.45) is 11.7 Å². The highest BCUT2D eigenvalue weighted by molar-refractivity contribution is 5.97. The lowest BCUT2D eigenvalue weighted by molar-refractivity contribution is -0.142. The van der Waals surface area contributed by atoms with Gasteiger partial charge in [-0.05, 0) is 31.9 Å². The number of nitrogens with two attached hydrogens (primary N) is 1. The van der Waals surface area contributed by atoms with Crippen LogP contribution in [0.25, 0.3) is 0 Å². The number of carbonyl (C=O) groups is 2. The Morgan fingerprint density at radius 3 is 2.53 bits per heavy atom. The third kappa shape index (κ3) is 2.83. The molecule has 0 bridgehead atoms. The highest BCUT2D eigenvalue weighted by Gasteiger charge is 2.27. The lowest BCUT2D eigenvalue weighted by atomic mass is 9.97. The molecular weight excluding hydrogens is 246 g/mol. The summed E-state index contributed by atoms with van der Waals surface area (Å²) in [4.78, 5) is 28.6. The van der Waals surface area contributed by atoms with Gasteiger partial charge in [-0.2, -0.15) is 0 Å². The topological polar surface area (TPSA) is 96.5 Å². The number of primary amides is 1. The maximum atomic E-state index is 11.4. The minimum Gasteiger partial charge on any atom is -0.481 e. The van der Waals surface area contributed by atoms with Crippen LogP contribution in [0, 0.1) is 12.8 Å². The van der Waals surface area contributed by atoms with Gasteiger partial charge in [0.25, 0.3) is 5.91 Å². The van der Waals surface area contributed by atoms with Crippen LogP contribution >= 0.6 is 0 Å². The molecule has 102 valence electrons. The van der Waals surface area contributed by atoms with E-state index in [0.29, 0.717) is 37.3 Å². The highest BCUT2D eigenvalue weighted by atomic mass is 16.4. The molecule has 1 saturated heterocycles. The summed E-state index contributed by atoms with van der Waals surface area (Å²) in [6.45, 7) is 3.00. The van der Waals surface area contributed by atoms with Crippen molar-refractivity contribution in [1.82, 2.24) is 4.98 Å². The van der Waals surface area contributed by atoms with E-state index in [0.717, 1.165) is 5.69 Å². The van der Waals surface area contributed by atoms with Crippen LogP contribution in [-0.2, 0) is 4.79 Å². The molecule has 1 aromatic rings. The molecule has 1 fully saturated rings. The Morgan fingerprint density at radius 1 is 1.37 bits per heavy atom. The molecule has 0 saturated carbocycles. The summed E-state index contributed by atoms with van der Waals surface area (Å²) in [5.74, 6) is -1.01. The van der Waals surface area contributed by atoms with E-state index in [9.17, 15) is 9.59 Å². The molecule has 0 unspecified atom stereocenters. The van der Waals surface area contributed by atoms with Crippen molar-refractivity contribution in [3.63, 3.8) is 0 Å². The first-order valence-corrected chi connectivity index (χ1v) is 6.24. The van der Waals surface area contributed by atoms with E-state index in [-0.39, 0.29) is 5.92 Å². The molecule has 0 aliphatic carbocycles. The van der Waals surface area contributed by atoms with Gasteiger partial charge < -0.3 is 15.7 Å². The predicted octanol–water partition coefficient (Wildman–Crippen LogP) is 0.790. The fraction of sp³-hybridized carbons (Fsp3) is 0.462. The summed E-state index contributed by atoms with van der Waals surface area (Å²) < 4.78 is 0. The summed E-state index contributed by atoms with van der Waals surface area (Å²) in [7, 11) is 0. The van der Waals surface area contributed by atoms with Gasteiger partial charge in [-0.15, -0.1) is 0 Å². The zero-order valence-corrected chi connectivity index (χ0v) is 10.8. The van der Waals surface area contributed by atoms with Crippen LogP contribution in [0.5, 0.6) is 0 Å². The normalized spacial score (nSPS) is 16.4. The van der Waals surface area contributed by atoms with Gasteiger partial charge in [0, 0.05) is 18.8 Å². The number of aliphatic carboxylic acids is 1. The molecule has 0 atom stereocenters. The van der Waals surface area contributed by atoms with Gasteiger partial charge in [-0.3, -0.25) is 9.59 Å². The Kier molecular flexibility index (Phi) is 3.69. The van der Waals surface area contributed by atoms with E-state index in [1.54, 1.807) is 12.1 Å². The van der Waals surface area contributed by atoms with Crippen molar-refractivity contribution in [2.45, 2.75) is 19.8 Å². The number of piperidine rings is 1. The summed E-state index contributed by atoms with van der Waals surface area (Å²) >= 11 is 0. The zero-order valence-electron chi connectivity index (χ0n) is 10.8. The van der Waals surface area contributed by atoms with Gasteiger partial charge in [0.05, 0.1) is 11.5 Å². The Bertz CT molecular complexity index is 508. The molecule has 1 aliphatic rings. The monoisotopic (exact) mass is 263 g/mol. The fourth-order valence-corrected chi connectivity index (χ4v) is 2.31. The SMILES string of the molecule is Cc1ccc(C(N)=O)c(N2CCC(C(=O)O)CC2)n1. The quantitative estimate of drug-likeness (QED) is 0.840. The number of hydrogen-bond donors (Lipinski definition) is 2. The first-order valence-electron chi connectivity index (χ1n) is 6.24. The minimum atomic E-state index is -0.757. The number of aryl methyl sites for hydroxylation is 1. The second-order valence-electron chi connectivity index (χ2n) is 4.79. The molecule has 19 heavy (non-hydrogen) atoms. The van der Waals surface area contributed by atoms with Gasteiger partial charge in [0.15, 0.2) is 0 Å². The molecule has 2 rings (SSSR count). The number of carboxylic acid groups (broad SMARTS) is 1. The Hall–Kier alpha value is -2.11. The second-order valence-corrected chi connectivity index (χ2v) is 4.79. The number of hydrogen-bond acceptors (Lipinski definition) is 4. The Morgan fingerprint density at radius 2 is 2.00 bits per heavy atom. The van der Waals surface area contributed by atoms with E-state index in [4.69, 9.17) is 10.8 Å². The molecule has 1 aliphatic heterocycles. The number of carbonyl (C=O) groups excluding carboxylic acids is 1. The molecule has 6 heteroatoms. The van der Waals surface area contributed by atoms with Crippen LogP contribution in [0.15, 0.2) is 12.1 Å². The maximum absolute atomic E-state index is 11.4. The number of anilines is 1. The molecule has 1 amide bonds. The summed E-state index contributed by atoms with van der Waals surface area (Å²) in [6, 6.07) is 3.41. The van der Waals surface area contributed by atoms with Crippen LogP contribution in [-0.4, -0.2) is 35.1 Å². The van der Waals surface area contributed by atoms with E-state index < -0.39 is 11.9 Å². The van der Waals surface area contributed by atoms with Gasteiger partial charge in [0.2, 0.25) is 0 Å². The first-order chi connectivity index (χ1) is 8.99. The van der Waals surface area contributed by atoms with Crippen molar-refractivity contribution >= 4 is 17.7 Å². The van der Waals surface area contributed by atoms with E-state index in [2.05, 4.69) is 4.98 Å². The van der Waals surface area contributed by atoms with Crippen molar-refractivity contribution in [1.29, 1.82) is 0 Å². The standard InChI is InChI=1S/C13H17N3O3/c1-8-2-3-10(11(14)17)12(15-8)16-6-4-9(5-7-16)13(18)19/h2-3,9H,4-7H2,1H3,(H2,14,17)(H,18,19). The van der Waals surface area contributed by atoms with E-state index in [1.807, 2.05) is 11.8 Å². The van der Waals surface area contributed by atoms with E-state index in [1.165, 1.54) is 0 Å². The minimum absolute atomic E-state index is 0.307. The van der Waals surface area contributed by atoms with Gasteiger partial charge in [-0.1, -0.05) is 0 Å². The summed E-state index contributed by atoms with van der Waals surface area (Å²) in [6.07, 6.45) is 1.12. The zero-order chi connectivity index (χ0) is 14.0. The number of amides is 1. The van der Waals surface area contributed by atoms with Gasteiger partial charge >= 0.3 is 5.97 Å². The maximum Gasteiger partial charge on any atom is 0.306 e. The largest absolute Gasteiger partial charge is 0.481 e. The van der Waals surface area contributed by atoms with E-state index >= 15 is 0 Å². The number of rotatable bonds is 3. The second kappa shape index (κ2) is 5.26. The fourth-order valence-electron chi connectivity index (χ4n) is 2.31. The van der Waals surface area contributed by atoms with Crippen LogP contribution in [0.4, 0.5) is 5.82 Å². The molecule has 1 aromatic heterocycles. The lowest BCUT2D eigenvalue weighted by Gasteiger charge is -2.32. The molecule has 0 radical (unpaired) electrons. The molecule has 3 N–H and O–H groups in total. The number of nitrogens with zero attached hydrogens (tertiary/aromatic N) is 2. The van der Waals surface area contributed by atoms with Crippen LogP contribution in [0.3, 0.4) is 0 Å². The highest BCUT2D eigenvalue weighted by Crippen LogP contribution is 2.25. The number of aromatic nitrogens is 1. The van der Waals surface area contributed by atoms with Crippen LogP contribution in [0.1, 0.15) is 28.9 Å². The van der Waals surface area contributed by atoms with Gasteiger partial charge in [0.1, 0.15) is 5.82 Å². The predicted molar refractivity (Wildman–Crippen MR) is 70.1 cm³/mol. The lowest BCUT2D eigenvalue weighted by Crippen LogP contribution is -2.38.